The van der Waals surface area contributed by atoms with Gasteiger partial charge in [-0.3, -0.25) is 4.79 Å². The van der Waals surface area contributed by atoms with E-state index in [1.165, 1.54) is 11.3 Å². The van der Waals surface area contributed by atoms with Crippen molar-refractivity contribution in [3.63, 3.8) is 0 Å². The lowest BCUT2D eigenvalue weighted by Gasteiger charge is -2.19. The fourth-order valence-electron chi connectivity index (χ4n) is 2.17. The molecule has 0 spiro atoms. The van der Waals surface area contributed by atoms with E-state index in [0.717, 1.165) is 17.7 Å². The highest BCUT2D eigenvalue weighted by molar-refractivity contribution is 7.13. The van der Waals surface area contributed by atoms with Gasteiger partial charge in [0.1, 0.15) is 5.75 Å². The predicted molar refractivity (Wildman–Crippen MR) is 84.4 cm³/mol. The van der Waals surface area contributed by atoms with Gasteiger partial charge in [0.15, 0.2) is 5.13 Å². The smallest absolute Gasteiger partial charge is 0.226 e. The summed E-state index contributed by atoms with van der Waals surface area (Å²) in [5, 5.41) is 5.31. The molecule has 2 aromatic rings. The summed E-state index contributed by atoms with van der Waals surface area (Å²) in [5.74, 6) is 0.709. The number of para-hydroxylation sites is 1. The number of aromatic nitrogens is 1. The molecule has 0 aliphatic carbocycles. The number of ether oxygens (including phenoxy) is 1. The van der Waals surface area contributed by atoms with Gasteiger partial charge < -0.3 is 15.8 Å². The van der Waals surface area contributed by atoms with Crippen molar-refractivity contribution in [1.82, 2.24) is 10.3 Å². The first-order valence-corrected chi connectivity index (χ1v) is 7.64. The second-order valence-corrected chi connectivity index (χ2v) is 5.51. The molecule has 1 unspecified atom stereocenters. The maximum absolute atomic E-state index is 12.1. The first kappa shape index (κ1) is 15.3. The molecule has 1 atom stereocenters. The van der Waals surface area contributed by atoms with Gasteiger partial charge in [-0.15, -0.1) is 11.3 Å². The molecule has 112 valence electrons. The van der Waals surface area contributed by atoms with Crippen LogP contribution in [-0.4, -0.2) is 18.0 Å². The number of nitrogens with two attached hydrogens (primary N) is 1. The number of nitrogen functional groups attached to an aromatic ring is 1. The summed E-state index contributed by atoms with van der Waals surface area (Å²) in [6.45, 7) is 2.03. The molecule has 6 heteroatoms. The maximum atomic E-state index is 12.1. The van der Waals surface area contributed by atoms with E-state index in [9.17, 15) is 4.79 Å². The van der Waals surface area contributed by atoms with Gasteiger partial charge >= 0.3 is 0 Å². The molecule has 3 N–H and O–H groups in total. The van der Waals surface area contributed by atoms with Crippen LogP contribution in [0.5, 0.6) is 5.75 Å². The Morgan fingerprint density at radius 1 is 1.48 bits per heavy atom. The lowest BCUT2D eigenvalue weighted by molar-refractivity contribution is -0.121. The van der Waals surface area contributed by atoms with Gasteiger partial charge in [0.25, 0.3) is 0 Å². The van der Waals surface area contributed by atoms with Crippen LogP contribution in [0.15, 0.2) is 29.6 Å². The highest BCUT2D eigenvalue weighted by Crippen LogP contribution is 2.26. The molecule has 1 amide bonds. The Morgan fingerprint density at radius 3 is 2.86 bits per heavy atom. The van der Waals surface area contributed by atoms with E-state index >= 15 is 0 Å². The number of methoxy groups -OCH3 is 1. The van der Waals surface area contributed by atoms with Crippen LogP contribution >= 0.6 is 11.3 Å². The van der Waals surface area contributed by atoms with E-state index in [0.29, 0.717) is 10.8 Å². The SMILES string of the molecule is CCC(NC(=O)Cc1csc(N)n1)c1ccccc1OC. The van der Waals surface area contributed by atoms with Gasteiger partial charge in [-0.25, -0.2) is 4.98 Å². The van der Waals surface area contributed by atoms with Crippen molar-refractivity contribution < 1.29 is 9.53 Å². The Balaban J connectivity index is 2.06. The van der Waals surface area contributed by atoms with Gasteiger partial charge in [0.2, 0.25) is 5.91 Å². The molecule has 21 heavy (non-hydrogen) atoms. The van der Waals surface area contributed by atoms with Crippen LogP contribution in [-0.2, 0) is 11.2 Å². The zero-order chi connectivity index (χ0) is 15.2. The summed E-state index contributed by atoms with van der Waals surface area (Å²) in [6, 6.07) is 7.63. The minimum absolute atomic E-state index is 0.0712. The van der Waals surface area contributed by atoms with Crippen LogP contribution in [0, 0.1) is 0 Å². The monoisotopic (exact) mass is 305 g/mol. The predicted octanol–water partition coefficient (Wildman–Crippen LogP) is 2.54. The van der Waals surface area contributed by atoms with Crippen molar-refractivity contribution in [1.29, 1.82) is 0 Å². The Kier molecular flexibility index (Phi) is 5.16. The maximum Gasteiger partial charge on any atom is 0.226 e. The Morgan fingerprint density at radius 2 is 2.24 bits per heavy atom. The van der Waals surface area contributed by atoms with Gasteiger partial charge in [0, 0.05) is 10.9 Å². The molecular formula is C15H19N3O2S. The summed E-state index contributed by atoms with van der Waals surface area (Å²) in [6.07, 6.45) is 1.02. The molecule has 0 radical (unpaired) electrons. The highest BCUT2D eigenvalue weighted by atomic mass is 32.1. The van der Waals surface area contributed by atoms with Crippen molar-refractivity contribution in [2.24, 2.45) is 0 Å². The van der Waals surface area contributed by atoms with Crippen molar-refractivity contribution in [3.8, 4) is 5.75 Å². The van der Waals surface area contributed by atoms with Crippen LogP contribution in [0.3, 0.4) is 0 Å². The molecule has 1 aromatic heterocycles. The molecule has 2 rings (SSSR count). The molecule has 5 nitrogen and oxygen atoms in total. The number of anilines is 1. The highest BCUT2D eigenvalue weighted by Gasteiger charge is 2.17. The Hall–Kier alpha value is -2.08. The second kappa shape index (κ2) is 7.08. The number of nitrogens with one attached hydrogen (secondary N) is 1. The number of benzene rings is 1. The zero-order valence-corrected chi connectivity index (χ0v) is 12.9. The number of carbonyl (C=O) groups excluding carboxylic acids is 1. The number of carbonyl (C=O) groups is 1. The minimum Gasteiger partial charge on any atom is -0.496 e. The molecule has 0 aliphatic heterocycles. The fourth-order valence-corrected chi connectivity index (χ4v) is 2.73. The lowest BCUT2D eigenvalue weighted by Crippen LogP contribution is -2.29. The van der Waals surface area contributed by atoms with Crippen molar-refractivity contribution >= 4 is 22.4 Å². The third-order valence-electron chi connectivity index (χ3n) is 3.17. The third-order valence-corrected chi connectivity index (χ3v) is 3.89. The molecule has 0 saturated carbocycles. The van der Waals surface area contributed by atoms with E-state index in [1.54, 1.807) is 12.5 Å². The van der Waals surface area contributed by atoms with Crippen LogP contribution in [0.4, 0.5) is 5.13 Å². The van der Waals surface area contributed by atoms with Gasteiger partial charge in [-0.05, 0) is 12.5 Å². The standard InChI is InChI=1S/C15H19N3O2S/c1-3-12(11-6-4-5-7-13(11)20-2)18-14(19)8-10-9-21-15(16)17-10/h4-7,9,12H,3,8H2,1-2H3,(H2,16,17)(H,18,19). The van der Waals surface area contributed by atoms with Gasteiger partial charge in [0.05, 0.1) is 25.3 Å². The van der Waals surface area contributed by atoms with Crippen molar-refractivity contribution in [3.05, 3.63) is 40.9 Å². The summed E-state index contributed by atoms with van der Waals surface area (Å²) < 4.78 is 5.35. The van der Waals surface area contributed by atoms with Gasteiger partial charge in [-0.1, -0.05) is 25.1 Å². The summed E-state index contributed by atoms with van der Waals surface area (Å²) in [4.78, 5) is 16.2. The van der Waals surface area contributed by atoms with Crippen LogP contribution < -0.4 is 15.8 Å². The Bertz CT molecular complexity index is 612. The molecule has 0 saturated heterocycles. The first-order chi connectivity index (χ1) is 10.1. The van der Waals surface area contributed by atoms with Crippen molar-refractivity contribution in [2.75, 3.05) is 12.8 Å². The average Bonchev–Trinajstić information content (AvgIpc) is 2.89. The summed E-state index contributed by atoms with van der Waals surface area (Å²) in [5.41, 5.74) is 7.25. The number of hydrogen-bond acceptors (Lipinski definition) is 5. The zero-order valence-electron chi connectivity index (χ0n) is 12.1. The van der Waals surface area contributed by atoms with Crippen molar-refractivity contribution in [2.45, 2.75) is 25.8 Å². The number of amides is 1. The number of nitrogens with zero attached hydrogens (tertiary/aromatic N) is 1. The van der Waals surface area contributed by atoms with Crippen LogP contribution in [0.25, 0.3) is 0 Å². The normalized spacial score (nSPS) is 11.9. The number of rotatable bonds is 6. The quantitative estimate of drug-likeness (QED) is 0.860. The van der Waals surface area contributed by atoms with Gasteiger partial charge in [-0.2, -0.15) is 0 Å². The summed E-state index contributed by atoms with van der Waals surface area (Å²) in [7, 11) is 1.63. The molecule has 0 aliphatic rings. The average molecular weight is 305 g/mol. The molecule has 1 heterocycles. The van der Waals surface area contributed by atoms with E-state index in [4.69, 9.17) is 10.5 Å². The minimum atomic E-state index is -0.0790. The lowest BCUT2D eigenvalue weighted by atomic mass is 10.0. The largest absolute Gasteiger partial charge is 0.496 e. The van der Waals surface area contributed by atoms with E-state index in [2.05, 4.69) is 10.3 Å². The fraction of sp³-hybridized carbons (Fsp3) is 0.333. The number of hydrogen-bond donors (Lipinski definition) is 2. The molecule has 0 fully saturated rings. The third kappa shape index (κ3) is 3.95. The van der Waals surface area contributed by atoms with E-state index in [-0.39, 0.29) is 18.4 Å². The molecular weight excluding hydrogens is 286 g/mol. The second-order valence-electron chi connectivity index (χ2n) is 4.62. The van der Waals surface area contributed by atoms with E-state index in [1.807, 2.05) is 31.2 Å². The number of thiazole rings is 1. The van der Waals surface area contributed by atoms with Crippen LogP contribution in [0.2, 0.25) is 0 Å². The van der Waals surface area contributed by atoms with Crippen LogP contribution in [0.1, 0.15) is 30.6 Å². The van der Waals surface area contributed by atoms with E-state index < -0.39 is 0 Å². The summed E-state index contributed by atoms with van der Waals surface area (Å²) >= 11 is 1.34. The molecule has 0 bridgehead atoms. The first-order valence-electron chi connectivity index (χ1n) is 6.76. The Labute approximate surface area is 128 Å². The molecule has 1 aromatic carbocycles. The topological polar surface area (TPSA) is 77.2 Å².